The van der Waals surface area contributed by atoms with E-state index in [1.54, 1.807) is 42.5 Å². The molecule has 3 rings (SSSR count). The van der Waals surface area contributed by atoms with Gasteiger partial charge in [-0.25, -0.2) is 9.37 Å². The lowest BCUT2D eigenvalue weighted by atomic mass is 10.2. The molecule has 1 amide bonds. The topological polar surface area (TPSA) is 84.1 Å². The van der Waals surface area contributed by atoms with Crippen LogP contribution in [0.15, 0.2) is 64.5 Å². The van der Waals surface area contributed by atoms with Gasteiger partial charge < -0.3 is 15.0 Å². The van der Waals surface area contributed by atoms with Gasteiger partial charge in [0.2, 0.25) is 5.91 Å². The maximum atomic E-state index is 13.7. The van der Waals surface area contributed by atoms with E-state index in [1.807, 2.05) is 6.92 Å². The number of hydrogen-bond donors (Lipinski definition) is 2. The Labute approximate surface area is 171 Å². The Morgan fingerprint density at radius 1 is 1.21 bits per heavy atom. The Balaban J connectivity index is 1.62. The number of nitrogens with one attached hydrogen (secondary N) is 2. The summed E-state index contributed by atoms with van der Waals surface area (Å²) in [5, 5.41) is 3.10. The molecule has 1 heterocycles. The molecule has 0 bridgehead atoms. The molecular weight excluding hydrogens is 393 g/mol. The van der Waals surface area contributed by atoms with Gasteiger partial charge in [0.05, 0.1) is 18.7 Å². The second kappa shape index (κ2) is 9.88. The third-order valence-electron chi connectivity index (χ3n) is 3.89. The van der Waals surface area contributed by atoms with Crippen LogP contribution in [0.2, 0.25) is 0 Å². The number of ether oxygens (including phenoxy) is 1. The zero-order valence-corrected chi connectivity index (χ0v) is 16.6. The number of carbonyl (C=O) groups excluding carboxylic acids is 1. The number of aromatic amines is 1. The molecule has 1 aromatic heterocycles. The maximum Gasteiger partial charge on any atom is 0.251 e. The van der Waals surface area contributed by atoms with Gasteiger partial charge in [-0.3, -0.25) is 9.59 Å². The Bertz CT molecular complexity index is 1040. The monoisotopic (exact) mass is 413 g/mol. The van der Waals surface area contributed by atoms with E-state index in [0.29, 0.717) is 34.5 Å². The largest absolute Gasteiger partial charge is 0.494 e. The van der Waals surface area contributed by atoms with Gasteiger partial charge in [-0.2, -0.15) is 0 Å². The van der Waals surface area contributed by atoms with E-state index in [4.69, 9.17) is 4.74 Å². The van der Waals surface area contributed by atoms with Crippen LogP contribution in [-0.2, 0) is 17.0 Å². The van der Waals surface area contributed by atoms with Gasteiger partial charge >= 0.3 is 0 Å². The summed E-state index contributed by atoms with van der Waals surface area (Å²) in [7, 11) is 0. The molecule has 0 aliphatic rings. The summed E-state index contributed by atoms with van der Waals surface area (Å²) in [5.41, 5.74) is 1.12. The Kier molecular flexibility index (Phi) is 7.02. The summed E-state index contributed by atoms with van der Waals surface area (Å²) in [6.45, 7) is 2.46. The molecule has 3 aromatic rings. The first-order chi connectivity index (χ1) is 14.0. The number of thioether (sulfide) groups is 1. The Morgan fingerprint density at radius 2 is 1.97 bits per heavy atom. The molecule has 0 saturated heterocycles. The SMILES string of the molecule is CCOc1ccc(NC(=O)Cc2cc(=O)[nH]c(SCc3ccccc3F)n2)cc1. The number of halogens is 1. The van der Waals surface area contributed by atoms with Crippen LogP contribution < -0.4 is 15.6 Å². The van der Waals surface area contributed by atoms with Crippen molar-refractivity contribution in [2.75, 3.05) is 11.9 Å². The van der Waals surface area contributed by atoms with Gasteiger partial charge in [-0.1, -0.05) is 30.0 Å². The van der Waals surface area contributed by atoms with Crippen LogP contribution in [0.1, 0.15) is 18.2 Å². The van der Waals surface area contributed by atoms with Crippen molar-refractivity contribution in [2.45, 2.75) is 24.3 Å². The lowest BCUT2D eigenvalue weighted by molar-refractivity contribution is -0.115. The standard InChI is InChI=1S/C21H20FN3O3S/c1-2-28-17-9-7-15(8-10-17)23-19(26)11-16-12-20(27)25-21(24-16)29-13-14-5-3-4-6-18(14)22/h3-10,12H,2,11,13H2,1H3,(H,23,26)(H,24,25,27). The van der Waals surface area contributed by atoms with Crippen LogP contribution in [0.5, 0.6) is 5.75 Å². The van der Waals surface area contributed by atoms with Crippen LogP contribution in [0, 0.1) is 5.82 Å². The van der Waals surface area contributed by atoms with E-state index in [1.165, 1.54) is 23.9 Å². The highest BCUT2D eigenvalue weighted by molar-refractivity contribution is 7.98. The fourth-order valence-electron chi connectivity index (χ4n) is 2.57. The van der Waals surface area contributed by atoms with Crippen LogP contribution in [0.3, 0.4) is 0 Å². The minimum Gasteiger partial charge on any atom is -0.494 e. The van der Waals surface area contributed by atoms with Crippen LogP contribution in [0.4, 0.5) is 10.1 Å². The second-order valence-electron chi connectivity index (χ2n) is 6.10. The lowest BCUT2D eigenvalue weighted by Crippen LogP contribution is -2.18. The minimum absolute atomic E-state index is 0.0512. The van der Waals surface area contributed by atoms with Gasteiger partial charge in [0.1, 0.15) is 11.6 Å². The molecule has 6 nitrogen and oxygen atoms in total. The minimum atomic E-state index is -0.361. The molecule has 29 heavy (non-hydrogen) atoms. The number of amides is 1. The molecule has 0 spiro atoms. The molecule has 0 aliphatic carbocycles. The molecule has 0 radical (unpaired) electrons. The zero-order valence-electron chi connectivity index (χ0n) is 15.8. The normalized spacial score (nSPS) is 10.6. The predicted octanol–water partition coefficient (Wildman–Crippen LogP) is 3.78. The third kappa shape index (κ3) is 6.18. The highest BCUT2D eigenvalue weighted by Crippen LogP contribution is 2.20. The van der Waals surface area contributed by atoms with Gasteiger partial charge in [0, 0.05) is 17.5 Å². The quantitative estimate of drug-likeness (QED) is 0.434. The van der Waals surface area contributed by atoms with E-state index < -0.39 is 0 Å². The molecule has 0 unspecified atom stereocenters. The number of hydrogen-bond acceptors (Lipinski definition) is 5. The van der Waals surface area contributed by atoms with Crippen LogP contribution in [0.25, 0.3) is 0 Å². The zero-order chi connectivity index (χ0) is 20.6. The smallest absolute Gasteiger partial charge is 0.251 e. The summed E-state index contributed by atoms with van der Waals surface area (Å²) in [5.74, 6) is 0.432. The number of carbonyl (C=O) groups is 1. The lowest BCUT2D eigenvalue weighted by Gasteiger charge is -2.08. The van der Waals surface area contributed by atoms with Crippen molar-refractivity contribution < 1.29 is 13.9 Å². The highest BCUT2D eigenvalue weighted by atomic mass is 32.2. The summed E-state index contributed by atoms with van der Waals surface area (Å²) >= 11 is 1.20. The van der Waals surface area contributed by atoms with Crippen molar-refractivity contribution in [2.24, 2.45) is 0 Å². The van der Waals surface area contributed by atoms with Crippen LogP contribution >= 0.6 is 11.8 Å². The van der Waals surface area contributed by atoms with Crippen LogP contribution in [-0.4, -0.2) is 22.5 Å². The maximum absolute atomic E-state index is 13.7. The first-order valence-electron chi connectivity index (χ1n) is 9.02. The molecule has 0 saturated carbocycles. The number of benzene rings is 2. The second-order valence-corrected chi connectivity index (χ2v) is 7.07. The summed E-state index contributed by atoms with van der Waals surface area (Å²) < 4.78 is 19.1. The summed E-state index contributed by atoms with van der Waals surface area (Å²) in [4.78, 5) is 31.1. The average molecular weight is 413 g/mol. The highest BCUT2D eigenvalue weighted by Gasteiger charge is 2.10. The van der Waals surface area contributed by atoms with Crippen molar-refractivity contribution in [1.29, 1.82) is 0 Å². The fraction of sp³-hybridized carbons (Fsp3) is 0.190. The molecule has 0 aliphatic heterocycles. The first kappa shape index (κ1) is 20.6. The van der Waals surface area contributed by atoms with Crippen molar-refractivity contribution in [3.05, 3.63) is 82.0 Å². The number of aromatic nitrogens is 2. The Hall–Kier alpha value is -3.13. The van der Waals surface area contributed by atoms with E-state index in [2.05, 4.69) is 15.3 Å². The van der Waals surface area contributed by atoms with Gasteiger partial charge in [-0.05, 0) is 42.8 Å². The number of rotatable bonds is 8. The molecule has 8 heteroatoms. The summed E-state index contributed by atoms with van der Waals surface area (Å²) in [6.07, 6.45) is -0.0512. The molecule has 0 atom stereocenters. The van der Waals surface area contributed by atoms with E-state index in [-0.39, 0.29) is 23.7 Å². The molecule has 2 N–H and O–H groups in total. The van der Waals surface area contributed by atoms with Crippen molar-refractivity contribution >= 4 is 23.4 Å². The molecule has 150 valence electrons. The average Bonchev–Trinajstić information content (AvgIpc) is 2.68. The fourth-order valence-corrected chi connectivity index (χ4v) is 3.46. The van der Waals surface area contributed by atoms with E-state index in [9.17, 15) is 14.0 Å². The van der Waals surface area contributed by atoms with E-state index >= 15 is 0 Å². The number of anilines is 1. The Morgan fingerprint density at radius 3 is 2.69 bits per heavy atom. The van der Waals surface area contributed by atoms with Crippen molar-refractivity contribution in [3.8, 4) is 5.75 Å². The number of nitrogens with zero attached hydrogens (tertiary/aromatic N) is 1. The predicted molar refractivity (Wildman–Crippen MR) is 111 cm³/mol. The molecule has 2 aromatic carbocycles. The van der Waals surface area contributed by atoms with E-state index in [0.717, 1.165) is 5.75 Å². The first-order valence-corrected chi connectivity index (χ1v) is 10.0. The van der Waals surface area contributed by atoms with Crippen molar-refractivity contribution in [3.63, 3.8) is 0 Å². The summed E-state index contributed by atoms with van der Waals surface area (Å²) in [6, 6.07) is 14.7. The molecular formula is C21H20FN3O3S. The third-order valence-corrected chi connectivity index (χ3v) is 4.81. The van der Waals surface area contributed by atoms with Crippen molar-refractivity contribution in [1.82, 2.24) is 9.97 Å². The number of H-pyrrole nitrogens is 1. The van der Waals surface area contributed by atoms with Gasteiger partial charge in [0.25, 0.3) is 5.56 Å². The van der Waals surface area contributed by atoms with Gasteiger partial charge in [-0.15, -0.1) is 0 Å². The molecule has 0 fully saturated rings. The van der Waals surface area contributed by atoms with Gasteiger partial charge in [0.15, 0.2) is 5.16 Å².